The van der Waals surface area contributed by atoms with Gasteiger partial charge in [0.25, 0.3) is 0 Å². The van der Waals surface area contributed by atoms with Crippen molar-refractivity contribution >= 4 is 23.6 Å². The highest BCUT2D eigenvalue weighted by Crippen LogP contribution is 2.27. The van der Waals surface area contributed by atoms with E-state index in [0.29, 0.717) is 17.0 Å². The van der Waals surface area contributed by atoms with E-state index in [1.807, 2.05) is 0 Å². The molecule has 0 radical (unpaired) electrons. The normalized spacial score (nSPS) is 37.0. The molecule has 3 heterocycles. The Balaban J connectivity index is 1.88. The fraction of sp³-hybridized carbons (Fsp3) is 0.455. The Bertz CT molecular complexity index is 551. The maximum atomic E-state index is 9.94. The molecule has 3 rings (SSSR count). The van der Waals surface area contributed by atoms with Crippen molar-refractivity contribution in [1.82, 2.24) is 0 Å². The zero-order valence-corrected chi connectivity index (χ0v) is 9.76. The van der Waals surface area contributed by atoms with Gasteiger partial charge in [-0.1, -0.05) is 0 Å². The molecule has 0 aliphatic carbocycles. The summed E-state index contributed by atoms with van der Waals surface area (Å²) in [5.74, 6) is 0.0375. The van der Waals surface area contributed by atoms with Crippen molar-refractivity contribution in [3.63, 3.8) is 0 Å². The van der Waals surface area contributed by atoms with Gasteiger partial charge in [-0.2, -0.15) is 0 Å². The minimum Gasteiger partial charge on any atom is -0.394 e. The van der Waals surface area contributed by atoms with Gasteiger partial charge in [0.15, 0.2) is 5.84 Å². The molecule has 1 fully saturated rings. The van der Waals surface area contributed by atoms with Crippen molar-refractivity contribution in [3.8, 4) is 0 Å². The minimum absolute atomic E-state index is 0.0375. The topological polar surface area (TPSA) is 131 Å². The van der Waals surface area contributed by atoms with Crippen LogP contribution in [0.5, 0.6) is 0 Å². The molecule has 0 unspecified atom stereocenters. The third-order valence-electron chi connectivity index (χ3n) is 3.27. The smallest absolute Gasteiger partial charge is 0.157 e. The molecular formula is C11H12N4O4. The van der Waals surface area contributed by atoms with Gasteiger partial charge >= 0.3 is 0 Å². The molecule has 0 amide bonds. The van der Waals surface area contributed by atoms with Crippen LogP contribution in [-0.2, 0) is 4.74 Å². The summed E-state index contributed by atoms with van der Waals surface area (Å²) in [6, 6.07) is 0. The Morgan fingerprint density at radius 3 is 2.74 bits per heavy atom. The summed E-state index contributed by atoms with van der Waals surface area (Å²) in [6.45, 7) is -0.397. The average Bonchev–Trinajstić information content (AvgIpc) is 2.94. The molecule has 0 aromatic heterocycles. The number of aliphatic imine (C=N–C) groups is 3. The summed E-state index contributed by atoms with van der Waals surface area (Å²) in [6.07, 6.45) is -1.44. The first-order valence-corrected chi connectivity index (χ1v) is 5.74. The van der Waals surface area contributed by atoms with Crippen LogP contribution >= 0.6 is 0 Å². The van der Waals surface area contributed by atoms with Crippen LogP contribution in [0.4, 0.5) is 0 Å². The average molecular weight is 264 g/mol. The van der Waals surface area contributed by atoms with Crippen molar-refractivity contribution in [2.24, 2.45) is 15.0 Å². The van der Waals surface area contributed by atoms with Crippen molar-refractivity contribution in [1.29, 1.82) is 5.41 Å². The van der Waals surface area contributed by atoms with Crippen LogP contribution in [0.1, 0.15) is 0 Å². The monoisotopic (exact) mass is 264 g/mol. The van der Waals surface area contributed by atoms with E-state index in [-0.39, 0.29) is 5.84 Å². The molecule has 4 atom stereocenters. The Hall–Kier alpha value is -1.74. The highest BCUT2D eigenvalue weighted by molar-refractivity contribution is 6.58. The van der Waals surface area contributed by atoms with Crippen LogP contribution in [0, 0.1) is 5.41 Å². The first kappa shape index (κ1) is 12.3. The van der Waals surface area contributed by atoms with E-state index in [0.717, 1.165) is 0 Å². The number of fused-ring (bicyclic) bond motifs is 1. The number of aliphatic hydroxyl groups excluding tert-OH is 3. The van der Waals surface area contributed by atoms with Crippen LogP contribution in [0.2, 0.25) is 0 Å². The third-order valence-corrected chi connectivity index (χ3v) is 3.27. The number of rotatable bonds is 2. The van der Waals surface area contributed by atoms with E-state index >= 15 is 0 Å². The SMILES string of the molecule is N=C1N=CN=C2C1=CN=C2[C@@H]1O[C@H](CO)[C@@H](O)[C@H]1O. The van der Waals surface area contributed by atoms with Gasteiger partial charge in [0.1, 0.15) is 36.5 Å². The lowest BCUT2D eigenvalue weighted by atomic mass is 9.98. The largest absolute Gasteiger partial charge is 0.394 e. The Kier molecular flexibility index (Phi) is 2.86. The number of ether oxygens (including phenoxy) is 1. The van der Waals surface area contributed by atoms with E-state index in [4.69, 9.17) is 15.3 Å². The predicted molar refractivity (Wildman–Crippen MR) is 66.9 cm³/mol. The standard InChI is InChI=1S/C11H12N4O4/c12-11-4-1-13-7(6(4)14-3-15-11)10-9(18)8(17)5(2-16)19-10/h1,3,5,8-10,12,16-18H,2H2/t5-,8-,9-,10+/m1/s1. The van der Waals surface area contributed by atoms with Gasteiger partial charge in [-0.15, -0.1) is 0 Å². The molecule has 4 N–H and O–H groups in total. The number of nitrogens with zero attached hydrogens (tertiary/aromatic N) is 3. The van der Waals surface area contributed by atoms with Crippen molar-refractivity contribution in [2.45, 2.75) is 24.4 Å². The second-order valence-electron chi connectivity index (χ2n) is 4.39. The van der Waals surface area contributed by atoms with Crippen LogP contribution in [0.3, 0.4) is 0 Å². The summed E-state index contributed by atoms with van der Waals surface area (Å²) in [5.41, 5.74) is 1.21. The van der Waals surface area contributed by atoms with Crippen LogP contribution in [-0.4, -0.2) is 69.9 Å². The van der Waals surface area contributed by atoms with Crippen LogP contribution in [0.15, 0.2) is 26.8 Å². The number of nitrogens with one attached hydrogen (secondary N) is 1. The fourth-order valence-electron chi connectivity index (χ4n) is 2.25. The zero-order valence-electron chi connectivity index (χ0n) is 9.76. The maximum Gasteiger partial charge on any atom is 0.157 e. The molecule has 0 aromatic rings. The molecule has 3 aliphatic heterocycles. The molecule has 0 bridgehead atoms. The highest BCUT2D eigenvalue weighted by atomic mass is 16.6. The molecule has 0 saturated carbocycles. The lowest BCUT2D eigenvalue weighted by Crippen LogP contribution is -2.40. The molecule has 1 saturated heterocycles. The molecule has 100 valence electrons. The summed E-state index contributed by atoms with van der Waals surface area (Å²) < 4.78 is 5.39. The molecule has 8 heteroatoms. The molecule has 0 spiro atoms. The van der Waals surface area contributed by atoms with Crippen molar-refractivity contribution in [2.75, 3.05) is 6.61 Å². The Labute approximate surface area is 108 Å². The van der Waals surface area contributed by atoms with Crippen LogP contribution < -0.4 is 0 Å². The fourth-order valence-corrected chi connectivity index (χ4v) is 2.25. The van der Waals surface area contributed by atoms with E-state index in [2.05, 4.69) is 15.0 Å². The van der Waals surface area contributed by atoms with Gasteiger partial charge in [-0.25, -0.2) is 9.98 Å². The molecule has 0 aromatic carbocycles. The van der Waals surface area contributed by atoms with Crippen molar-refractivity contribution < 1.29 is 20.1 Å². The van der Waals surface area contributed by atoms with Gasteiger partial charge in [0, 0.05) is 6.20 Å². The quantitative estimate of drug-likeness (QED) is 0.471. The summed E-state index contributed by atoms with van der Waals surface area (Å²) in [7, 11) is 0. The summed E-state index contributed by atoms with van der Waals surface area (Å²) in [5, 5.41) is 36.3. The number of amidine groups is 1. The van der Waals surface area contributed by atoms with Gasteiger partial charge in [-0.05, 0) is 0 Å². The third kappa shape index (κ3) is 1.77. The van der Waals surface area contributed by atoms with E-state index in [1.54, 1.807) is 0 Å². The highest BCUT2D eigenvalue weighted by Gasteiger charge is 2.47. The van der Waals surface area contributed by atoms with Gasteiger partial charge in [0.2, 0.25) is 0 Å². The Morgan fingerprint density at radius 1 is 1.26 bits per heavy atom. The van der Waals surface area contributed by atoms with Gasteiger partial charge in [0.05, 0.1) is 17.9 Å². The molecular weight excluding hydrogens is 252 g/mol. The second-order valence-corrected chi connectivity index (χ2v) is 4.39. The molecule has 8 nitrogen and oxygen atoms in total. The number of hydrogen-bond donors (Lipinski definition) is 4. The zero-order chi connectivity index (χ0) is 13.6. The van der Waals surface area contributed by atoms with E-state index in [1.165, 1.54) is 12.5 Å². The van der Waals surface area contributed by atoms with Gasteiger partial charge < -0.3 is 20.1 Å². The Morgan fingerprint density at radius 2 is 2.05 bits per heavy atom. The predicted octanol–water partition coefficient (Wildman–Crippen LogP) is -1.73. The van der Waals surface area contributed by atoms with Crippen LogP contribution in [0.25, 0.3) is 0 Å². The lowest BCUT2D eigenvalue weighted by Gasteiger charge is -2.17. The number of hydrogen-bond acceptors (Lipinski definition) is 7. The second kappa shape index (κ2) is 4.42. The first-order valence-electron chi connectivity index (χ1n) is 5.74. The van der Waals surface area contributed by atoms with Gasteiger partial charge in [-0.3, -0.25) is 10.4 Å². The van der Waals surface area contributed by atoms with Crippen molar-refractivity contribution in [3.05, 3.63) is 11.8 Å². The number of aliphatic hydroxyl groups is 3. The molecule has 19 heavy (non-hydrogen) atoms. The molecule has 3 aliphatic rings. The summed E-state index contributed by atoms with van der Waals surface area (Å²) >= 11 is 0. The lowest BCUT2D eigenvalue weighted by molar-refractivity contribution is -0.00980. The maximum absolute atomic E-state index is 9.94. The van der Waals surface area contributed by atoms with E-state index < -0.39 is 31.0 Å². The summed E-state index contributed by atoms with van der Waals surface area (Å²) in [4.78, 5) is 11.9. The first-order chi connectivity index (χ1) is 9.13. The van der Waals surface area contributed by atoms with E-state index in [9.17, 15) is 10.2 Å². The minimum atomic E-state index is -1.20.